The van der Waals surface area contributed by atoms with Crippen molar-refractivity contribution in [2.24, 2.45) is 0 Å². The normalized spacial score (nSPS) is 11.1. The number of amides is 2. The van der Waals surface area contributed by atoms with Crippen LogP contribution in [0, 0.1) is 13.8 Å². The molecule has 3 aromatic rings. The monoisotopic (exact) mass is 401 g/mol. The van der Waals surface area contributed by atoms with Gasteiger partial charge in [-0.05, 0) is 67.4 Å². The number of aromatic nitrogens is 1. The number of ether oxygens (including phenoxy) is 1. The summed E-state index contributed by atoms with van der Waals surface area (Å²) in [7, 11) is 0. The molecule has 0 aliphatic carbocycles. The summed E-state index contributed by atoms with van der Waals surface area (Å²) < 4.78 is 44.1. The Labute approximate surface area is 165 Å². The number of halogens is 3. The Morgan fingerprint density at radius 2 is 1.69 bits per heavy atom. The summed E-state index contributed by atoms with van der Waals surface area (Å²) >= 11 is 0. The number of pyridine rings is 1. The van der Waals surface area contributed by atoms with Crippen LogP contribution in [0.5, 0.6) is 11.6 Å². The van der Waals surface area contributed by atoms with E-state index < -0.39 is 17.8 Å². The average Bonchev–Trinajstić information content (AvgIpc) is 2.62. The fraction of sp³-hybridized carbons (Fsp3) is 0.143. The van der Waals surface area contributed by atoms with Gasteiger partial charge in [0.1, 0.15) is 11.4 Å². The number of hydrogen-bond donors (Lipinski definition) is 2. The van der Waals surface area contributed by atoms with Crippen molar-refractivity contribution < 1.29 is 22.7 Å². The van der Waals surface area contributed by atoms with Crippen LogP contribution < -0.4 is 15.4 Å². The van der Waals surface area contributed by atoms with Gasteiger partial charge in [0.25, 0.3) is 0 Å². The third-order valence-electron chi connectivity index (χ3n) is 3.87. The van der Waals surface area contributed by atoms with Crippen LogP contribution in [0.2, 0.25) is 0 Å². The van der Waals surface area contributed by atoms with E-state index in [0.717, 1.165) is 23.3 Å². The van der Waals surface area contributed by atoms with Crippen molar-refractivity contribution in [2.75, 3.05) is 10.6 Å². The van der Waals surface area contributed by atoms with Gasteiger partial charge in [0.15, 0.2) is 0 Å². The zero-order chi connectivity index (χ0) is 21.0. The lowest BCUT2D eigenvalue weighted by molar-refractivity contribution is -0.137. The van der Waals surface area contributed by atoms with E-state index in [1.165, 1.54) is 24.4 Å². The first-order valence-corrected chi connectivity index (χ1v) is 8.67. The van der Waals surface area contributed by atoms with Gasteiger partial charge in [-0.15, -0.1) is 0 Å². The Kier molecular flexibility index (Phi) is 5.72. The summed E-state index contributed by atoms with van der Waals surface area (Å²) in [5.41, 5.74) is 1.98. The molecular formula is C21H18F3N3O2. The van der Waals surface area contributed by atoms with Gasteiger partial charge in [0.2, 0.25) is 5.88 Å². The summed E-state index contributed by atoms with van der Waals surface area (Å²) in [6, 6.07) is 12.6. The maximum Gasteiger partial charge on any atom is 0.416 e. The molecular weight excluding hydrogens is 383 g/mol. The molecule has 0 aliphatic rings. The van der Waals surface area contributed by atoms with E-state index >= 15 is 0 Å². The molecule has 1 heterocycles. The molecule has 0 unspecified atom stereocenters. The second kappa shape index (κ2) is 8.22. The highest BCUT2D eigenvalue weighted by Crippen LogP contribution is 2.33. The standard InChI is InChI=1S/C21H18F3N3O2/c1-13-9-14(2)11-16(10-13)26-20(28)27-18-7-4-8-25-19(18)29-17-6-3-5-15(12-17)21(22,23)24/h3-12H,1-2H3,(H2,26,27,28). The number of rotatable bonds is 4. The van der Waals surface area contributed by atoms with Gasteiger partial charge in [-0.25, -0.2) is 9.78 Å². The lowest BCUT2D eigenvalue weighted by Crippen LogP contribution is -2.20. The first-order chi connectivity index (χ1) is 13.7. The summed E-state index contributed by atoms with van der Waals surface area (Å²) in [5.74, 6) is -0.0707. The number of benzene rings is 2. The Morgan fingerprint density at radius 1 is 0.966 bits per heavy atom. The van der Waals surface area contributed by atoms with Crippen molar-refractivity contribution >= 4 is 17.4 Å². The molecule has 0 saturated heterocycles. The van der Waals surface area contributed by atoms with Gasteiger partial charge in [0.05, 0.1) is 5.56 Å². The van der Waals surface area contributed by atoms with Gasteiger partial charge in [-0.2, -0.15) is 13.2 Å². The minimum atomic E-state index is -4.49. The highest BCUT2D eigenvalue weighted by Gasteiger charge is 2.30. The second-order valence-corrected chi connectivity index (χ2v) is 6.44. The lowest BCUT2D eigenvalue weighted by Gasteiger charge is -2.13. The summed E-state index contributed by atoms with van der Waals surface area (Å²) in [6.45, 7) is 3.83. The Balaban J connectivity index is 1.76. The number of nitrogens with zero attached hydrogens (tertiary/aromatic N) is 1. The molecule has 2 N–H and O–H groups in total. The predicted molar refractivity (Wildman–Crippen MR) is 104 cm³/mol. The van der Waals surface area contributed by atoms with Crippen molar-refractivity contribution in [3.63, 3.8) is 0 Å². The lowest BCUT2D eigenvalue weighted by atomic mass is 10.1. The van der Waals surface area contributed by atoms with Crippen LogP contribution in [0.1, 0.15) is 16.7 Å². The number of carbonyl (C=O) groups excluding carboxylic acids is 1. The maximum atomic E-state index is 12.9. The molecule has 0 bridgehead atoms. The van der Waals surface area contributed by atoms with E-state index in [1.807, 2.05) is 32.0 Å². The molecule has 5 nitrogen and oxygen atoms in total. The summed E-state index contributed by atoms with van der Waals surface area (Å²) in [6.07, 6.45) is -3.08. The molecule has 0 aliphatic heterocycles. The van der Waals surface area contributed by atoms with E-state index in [2.05, 4.69) is 15.6 Å². The fourth-order valence-electron chi connectivity index (χ4n) is 2.75. The van der Waals surface area contributed by atoms with Crippen molar-refractivity contribution in [1.82, 2.24) is 4.98 Å². The molecule has 2 amide bonds. The number of anilines is 2. The fourth-order valence-corrected chi connectivity index (χ4v) is 2.75. The van der Waals surface area contributed by atoms with Crippen LogP contribution in [0.4, 0.5) is 29.3 Å². The van der Waals surface area contributed by atoms with Gasteiger partial charge >= 0.3 is 12.2 Å². The van der Waals surface area contributed by atoms with E-state index in [4.69, 9.17) is 4.74 Å². The number of urea groups is 1. The zero-order valence-electron chi connectivity index (χ0n) is 15.7. The minimum Gasteiger partial charge on any atom is -0.437 e. The maximum absolute atomic E-state index is 12.9. The summed E-state index contributed by atoms with van der Waals surface area (Å²) in [5, 5.41) is 5.31. The van der Waals surface area contributed by atoms with Crippen LogP contribution >= 0.6 is 0 Å². The van der Waals surface area contributed by atoms with Crippen LogP contribution in [0.3, 0.4) is 0 Å². The van der Waals surface area contributed by atoms with E-state index in [0.29, 0.717) is 5.69 Å². The number of nitrogens with one attached hydrogen (secondary N) is 2. The van der Waals surface area contributed by atoms with Gasteiger partial charge in [-0.1, -0.05) is 12.1 Å². The predicted octanol–water partition coefficient (Wildman–Crippen LogP) is 6.15. The minimum absolute atomic E-state index is 0.0256. The topological polar surface area (TPSA) is 63.2 Å². The second-order valence-electron chi connectivity index (χ2n) is 6.44. The van der Waals surface area contributed by atoms with Crippen molar-refractivity contribution in [1.29, 1.82) is 0 Å². The van der Waals surface area contributed by atoms with Crippen molar-refractivity contribution in [2.45, 2.75) is 20.0 Å². The zero-order valence-corrected chi connectivity index (χ0v) is 15.7. The first-order valence-electron chi connectivity index (χ1n) is 8.67. The van der Waals surface area contributed by atoms with E-state index in [-0.39, 0.29) is 17.3 Å². The Bertz CT molecular complexity index is 1020. The quantitative estimate of drug-likeness (QED) is 0.551. The molecule has 8 heteroatoms. The molecule has 0 saturated carbocycles. The molecule has 0 radical (unpaired) electrons. The highest BCUT2D eigenvalue weighted by atomic mass is 19.4. The number of carbonyl (C=O) groups is 1. The molecule has 150 valence electrons. The Hall–Kier alpha value is -3.55. The highest BCUT2D eigenvalue weighted by molar-refractivity contribution is 6.00. The van der Waals surface area contributed by atoms with E-state index in [1.54, 1.807) is 6.07 Å². The molecule has 0 fully saturated rings. The molecule has 1 aromatic heterocycles. The molecule has 2 aromatic carbocycles. The molecule has 3 rings (SSSR count). The largest absolute Gasteiger partial charge is 0.437 e. The average molecular weight is 401 g/mol. The number of alkyl halides is 3. The number of aryl methyl sites for hydroxylation is 2. The van der Waals surface area contributed by atoms with Gasteiger partial charge in [0, 0.05) is 11.9 Å². The SMILES string of the molecule is Cc1cc(C)cc(NC(=O)Nc2cccnc2Oc2cccc(C(F)(F)F)c2)c1. The summed E-state index contributed by atoms with van der Waals surface area (Å²) in [4.78, 5) is 16.3. The van der Waals surface area contributed by atoms with Gasteiger partial charge < -0.3 is 15.4 Å². The molecule has 0 spiro atoms. The smallest absolute Gasteiger partial charge is 0.416 e. The Morgan fingerprint density at radius 3 is 2.38 bits per heavy atom. The van der Waals surface area contributed by atoms with Crippen molar-refractivity contribution in [3.05, 3.63) is 77.5 Å². The van der Waals surface area contributed by atoms with Crippen molar-refractivity contribution in [3.8, 4) is 11.6 Å². The van der Waals surface area contributed by atoms with Crippen LogP contribution in [0.15, 0.2) is 60.8 Å². The third kappa shape index (κ3) is 5.47. The van der Waals surface area contributed by atoms with Crippen LogP contribution in [-0.2, 0) is 6.18 Å². The van der Waals surface area contributed by atoms with Gasteiger partial charge in [-0.3, -0.25) is 0 Å². The van der Waals surface area contributed by atoms with Crippen LogP contribution in [-0.4, -0.2) is 11.0 Å². The third-order valence-corrected chi connectivity index (χ3v) is 3.87. The first kappa shape index (κ1) is 20.2. The van der Waals surface area contributed by atoms with E-state index in [9.17, 15) is 18.0 Å². The molecule has 29 heavy (non-hydrogen) atoms. The molecule has 0 atom stereocenters. The van der Waals surface area contributed by atoms with Crippen LogP contribution in [0.25, 0.3) is 0 Å². The number of hydrogen-bond acceptors (Lipinski definition) is 3.